The maximum absolute atomic E-state index is 4.06. The van der Waals surface area contributed by atoms with Crippen LogP contribution in [-0.2, 0) is 0 Å². The number of hydrogen-bond donors (Lipinski definition) is 1. The standard InChI is InChI=1S/C12H20N2/c1-10-9-13-7-5-11(10)14-8-6-12(2,3)4/h5,7,9H,6,8H2,1-4H3,(H,13,14). The molecule has 0 aliphatic heterocycles. The highest BCUT2D eigenvalue weighted by Crippen LogP contribution is 2.19. The molecule has 0 fully saturated rings. The molecule has 0 saturated heterocycles. The van der Waals surface area contributed by atoms with Crippen molar-refractivity contribution in [3.05, 3.63) is 24.0 Å². The van der Waals surface area contributed by atoms with E-state index >= 15 is 0 Å². The smallest absolute Gasteiger partial charge is 0.0400 e. The Kier molecular flexibility index (Phi) is 3.50. The third-order valence-corrected chi connectivity index (χ3v) is 2.21. The number of rotatable bonds is 3. The van der Waals surface area contributed by atoms with Crippen LogP contribution in [0.15, 0.2) is 18.5 Å². The van der Waals surface area contributed by atoms with Gasteiger partial charge in [0.25, 0.3) is 0 Å². The lowest BCUT2D eigenvalue weighted by atomic mass is 9.92. The van der Waals surface area contributed by atoms with Gasteiger partial charge in [0.15, 0.2) is 0 Å². The predicted molar refractivity (Wildman–Crippen MR) is 61.5 cm³/mol. The van der Waals surface area contributed by atoms with Gasteiger partial charge in [-0.25, -0.2) is 0 Å². The van der Waals surface area contributed by atoms with E-state index in [9.17, 15) is 0 Å². The highest BCUT2D eigenvalue weighted by molar-refractivity contribution is 5.48. The molecule has 0 aromatic carbocycles. The van der Waals surface area contributed by atoms with E-state index in [0.717, 1.165) is 6.54 Å². The molecule has 0 saturated carbocycles. The van der Waals surface area contributed by atoms with Crippen LogP contribution in [0.5, 0.6) is 0 Å². The van der Waals surface area contributed by atoms with Crippen LogP contribution in [0.1, 0.15) is 32.8 Å². The molecule has 1 heterocycles. The molecule has 2 heteroatoms. The van der Waals surface area contributed by atoms with Crippen molar-refractivity contribution >= 4 is 5.69 Å². The number of anilines is 1. The van der Waals surface area contributed by atoms with Crippen molar-refractivity contribution in [2.45, 2.75) is 34.1 Å². The summed E-state index contributed by atoms with van der Waals surface area (Å²) >= 11 is 0. The zero-order chi connectivity index (χ0) is 10.6. The van der Waals surface area contributed by atoms with Crippen molar-refractivity contribution in [2.75, 3.05) is 11.9 Å². The summed E-state index contributed by atoms with van der Waals surface area (Å²) < 4.78 is 0. The van der Waals surface area contributed by atoms with Gasteiger partial charge in [0.1, 0.15) is 0 Å². The molecule has 1 aromatic rings. The van der Waals surface area contributed by atoms with Gasteiger partial charge >= 0.3 is 0 Å². The Morgan fingerprint density at radius 1 is 1.36 bits per heavy atom. The molecule has 0 amide bonds. The zero-order valence-electron chi connectivity index (χ0n) is 9.59. The zero-order valence-corrected chi connectivity index (χ0v) is 9.59. The fourth-order valence-electron chi connectivity index (χ4n) is 1.24. The van der Waals surface area contributed by atoms with E-state index in [4.69, 9.17) is 0 Å². The van der Waals surface area contributed by atoms with Crippen LogP contribution >= 0.6 is 0 Å². The van der Waals surface area contributed by atoms with Gasteiger partial charge in [0, 0.05) is 24.6 Å². The molecule has 14 heavy (non-hydrogen) atoms. The number of nitrogens with one attached hydrogen (secondary N) is 1. The van der Waals surface area contributed by atoms with E-state index < -0.39 is 0 Å². The number of nitrogens with zero attached hydrogens (tertiary/aromatic N) is 1. The van der Waals surface area contributed by atoms with Crippen LogP contribution in [0.4, 0.5) is 5.69 Å². The Morgan fingerprint density at radius 3 is 2.64 bits per heavy atom. The highest BCUT2D eigenvalue weighted by atomic mass is 14.9. The minimum atomic E-state index is 0.397. The first-order valence-corrected chi connectivity index (χ1v) is 5.13. The quantitative estimate of drug-likeness (QED) is 0.795. The molecule has 0 radical (unpaired) electrons. The molecule has 1 aromatic heterocycles. The topological polar surface area (TPSA) is 24.9 Å². The Hall–Kier alpha value is -1.05. The van der Waals surface area contributed by atoms with Crippen LogP contribution in [0, 0.1) is 12.3 Å². The van der Waals surface area contributed by atoms with Gasteiger partial charge in [0.05, 0.1) is 0 Å². The van der Waals surface area contributed by atoms with Crippen molar-refractivity contribution in [3.63, 3.8) is 0 Å². The normalized spacial score (nSPS) is 11.4. The third-order valence-electron chi connectivity index (χ3n) is 2.21. The van der Waals surface area contributed by atoms with E-state index in [1.807, 2.05) is 18.5 Å². The van der Waals surface area contributed by atoms with Crippen LogP contribution in [-0.4, -0.2) is 11.5 Å². The summed E-state index contributed by atoms with van der Waals surface area (Å²) in [7, 11) is 0. The van der Waals surface area contributed by atoms with Gasteiger partial charge in [-0.05, 0) is 30.4 Å². The molecule has 0 bridgehead atoms. The summed E-state index contributed by atoms with van der Waals surface area (Å²) in [6, 6.07) is 2.03. The molecule has 1 rings (SSSR count). The number of aryl methyl sites for hydroxylation is 1. The summed E-state index contributed by atoms with van der Waals surface area (Å²) in [5, 5.41) is 3.43. The Bertz CT molecular complexity index is 287. The minimum absolute atomic E-state index is 0.397. The van der Waals surface area contributed by atoms with E-state index in [1.54, 1.807) is 0 Å². The molecular weight excluding hydrogens is 172 g/mol. The molecule has 0 unspecified atom stereocenters. The van der Waals surface area contributed by atoms with Crippen LogP contribution in [0.3, 0.4) is 0 Å². The fraction of sp³-hybridized carbons (Fsp3) is 0.583. The second-order valence-corrected chi connectivity index (χ2v) is 4.93. The van der Waals surface area contributed by atoms with Crippen molar-refractivity contribution in [1.82, 2.24) is 4.98 Å². The summed E-state index contributed by atoms with van der Waals surface area (Å²) in [4.78, 5) is 4.06. The number of hydrogen-bond acceptors (Lipinski definition) is 2. The van der Waals surface area contributed by atoms with Crippen molar-refractivity contribution in [1.29, 1.82) is 0 Å². The first-order valence-electron chi connectivity index (χ1n) is 5.13. The third kappa shape index (κ3) is 3.77. The van der Waals surface area contributed by atoms with Crippen molar-refractivity contribution in [3.8, 4) is 0 Å². The maximum Gasteiger partial charge on any atom is 0.0400 e. The van der Waals surface area contributed by atoms with Crippen LogP contribution in [0.2, 0.25) is 0 Å². The van der Waals surface area contributed by atoms with Crippen LogP contribution < -0.4 is 5.32 Å². The summed E-state index contributed by atoms with van der Waals surface area (Å²) in [5.74, 6) is 0. The van der Waals surface area contributed by atoms with Gasteiger partial charge in [-0.1, -0.05) is 20.8 Å². The molecular formula is C12H20N2. The summed E-state index contributed by atoms with van der Waals surface area (Å²) in [6.07, 6.45) is 4.89. The first-order chi connectivity index (χ1) is 6.49. The van der Waals surface area contributed by atoms with E-state index in [2.05, 4.69) is 38.0 Å². The van der Waals surface area contributed by atoms with Crippen LogP contribution in [0.25, 0.3) is 0 Å². The van der Waals surface area contributed by atoms with Gasteiger partial charge in [-0.15, -0.1) is 0 Å². The lowest BCUT2D eigenvalue weighted by Gasteiger charge is -2.19. The predicted octanol–water partition coefficient (Wildman–Crippen LogP) is 3.24. The van der Waals surface area contributed by atoms with E-state index in [0.29, 0.717) is 5.41 Å². The lowest BCUT2D eigenvalue weighted by Crippen LogP contribution is -2.13. The Labute approximate surface area is 86.8 Å². The average Bonchev–Trinajstić information content (AvgIpc) is 2.06. The van der Waals surface area contributed by atoms with Gasteiger partial charge < -0.3 is 5.32 Å². The summed E-state index contributed by atoms with van der Waals surface area (Å²) in [5.41, 5.74) is 2.80. The van der Waals surface area contributed by atoms with Crippen molar-refractivity contribution < 1.29 is 0 Å². The second-order valence-electron chi connectivity index (χ2n) is 4.93. The maximum atomic E-state index is 4.06. The highest BCUT2D eigenvalue weighted by Gasteiger charge is 2.09. The van der Waals surface area contributed by atoms with E-state index in [1.165, 1.54) is 17.7 Å². The Morgan fingerprint density at radius 2 is 2.07 bits per heavy atom. The minimum Gasteiger partial charge on any atom is -0.385 e. The number of pyridine rings is 1. The molecule has 0 aliphatic rings. The fourth-order valence-corrected chi connectivity index (χ4v) is 1.24. The van der Waals surface area contributed by atoms with E-state index in [-0.39, 0.29) is 0 Å². The second kappa shape index (κ2) is 4.45. The van der Waals surface area contributed by atoms with Gasteiger partial charge in [-0.2, -0.15) is 0 Å². The molecule has 78 valence electrons. The molecule has 0 aliphatic carbocycles. The monoisotopic (exact) mass is 192 g/mol. The summed E-state index contributed by atoms with van der Waals surface area (Å²) in [6.45, 7) is 9.87. The first kappa shape index (κ1) is 11.0. The molecule has 0 atom stereocenters. The molecule has 0 spiro atoms. The number of aromatic nitrogens is 1. The SMILES string of the molecule is Cc1cnccc1NCCC(C)(C)C. The molecule has 2 nitrogen and oxygen atoms in total. The largest absolute Gasteiger partial charge is 0.385 e. The van der Waals surface area contributed by atoms with Gasteiger partial charge in [0.2, 0.25) is 0 Å². The van der Waals surface area contributed by atoms with Crippen molar-refractivity contribution in [2.24, 2.45) is 5.41 Å². The Balaban J connectivity index is 2.43. The average molecular weight is 192 g/mol. The molecule has 1 N–H and O–H groups in total. The lowest BCUT2D eigenvalue weighted by molar-refractivity contribution is 0.390. The van der Waals surface area contributed by atoms with Gasteiger partial charge in [-0.3, -0.25) is 4.98 Å².